The number of carbonyl (C=O) groups is 2. The molecule has 1 aliphatic rings. The number of benzene rings is 1. The zero-order chi connectivity index (χ0) is 19.4. The SMILES string of the molecule is CC(C)c1noc(C(NC(=O)c2ccc(C(=O)O)cc2)C2CCOCC2)n1. The molecule has 27 heavy (non-hydrogen) atoms. The summed E-state index contributed by atoms with van der Waals surface area (Å²) in [6.45, 7) is 5.19. The molecule has 1 fully saturated rings. The summed E-state index contributed by atoms with van der Waals surface area (Å²) in [5.41, 5.74) is 0.506. The van der Waals surface area contributed by atoms with E-state index >= 15 is 0 Å². The van der Waals surface area contributed by atoms with Crippen LogP contribution >= 0.6 is 0 Å². The first-order valence-electron chi connectivity index (χ1n) is 9.01. The van der Waals surface area contributed by atoms with E-state index in [1.807, 2.05) is 13.8 Å². The molecular weight excluding hydrogens is 350 g/mol. The molecular formula is C19H23N3O5. The van der Waals surface area contributed by atoms with Gasteiger partial charge in [0.2, 0.25) is 5.89 Å². The van der Waals surface area contributed by atoms with Crippen molar-refractivity contribution in [2.75, 3.05) is 13.2 Å². The van der Waals surface area contributed by atoms with Crippen LogP contribution in [0.2, 0.25) is 0 Å². The zero-order valence-corrected chi connectivity index (χ0v) is 15.3. The standard InChI is InChI=1S/C19H23N3O5/c1-11(2)16-21-18(27-22-16)15(12-7-9-26-10-8-12)20-17(23)13-3-5-14(6-4-13)19(24)25/h3-6,11-12,15H,7-10H2,1-2H3,(H,20,23)(H,24,25). The summed E-state index contributed by atoms with van der Waals surface area (Å²) in [5.74, 6) is -0.108. The molecule has 1 aliphatic heterocycles. The molecule has 1 unspecified atom stereocenters. The fraction of sp³-hybridized carbons (Fsp3) is 0.474. The molecule has 0 radical (unpaired) electrons. The second-order valence-electron chi connectivity index (χ2n) is 6.93. The number of hydrogen-bond acceptors (Lipinski definition) is 6. The van der Waals surface area contributed by atoms with Crippen molar-refractivity contribution in [3.63, 3.8) is 0 Å². The summed E-state index contributed by atoms with van der Waals surface area (Å²) in [5, 5.41) is 16.0. The molecule has 144 valence electrons. The minimum atomic E-state index is -1.03. The minimum Gasteiger partial charge on any atom is -0.478 e. The highest BCUT2D eigenvalue weighted by molar-refractivity contribution is 5.96. The molecule has 3 rings (SSSR count). The third kappa shape index (κ3) is 4.51. The van der Waals surface area contributed by atoms with Gasteiger partial charge < -0.3 is 19.7 Å². The molecule has 1 aromatic heterocycles. The van der Waals surface area contributed by atoms with E-state index in [0.717, 1.165) is 12.8 Å². The third-order valence-electron chi connectivity index (χ3n) is 4.66. The van der Waals surface area contributed by atoms with Crippen LogP contribution in [0.4, 0.5) is 0 Å². The Kier molecular flexibility index (Phi) is 5.85. The summed E-state index contributed by atoms with van der Waals surface area (Å²) < 4.78 is 10.9. The topological polar surface area (TPSA) is 115 Å². The maximum Gasteiger partial charge on any atom is 0.335 e. The van der Waals surface area contributed by atoms with Crippen molar-refractivity contribution in [2.45, 2.75) is 38.6 Å². The predicted molar refractivity (Wildman–Crippen MR) is 95.5 cm³/mol. The molecule has 2 N–H and O–H groups in total. The van der Waals surface area contributed by atoms with Crippen molar-refractivity contribution >= 4 is 11.9 Å². The van der Waals surface area contributed by atoms with E-state index in [2.05, 4.69) is 15.5 Å². The van der Waals surface area contributed by atoms with Gasteiger partial charge in [0.1, 0.15) is 6.04 Å². The number of hydrogen-bond donors (Lipinski definition) is 2. The van der Waals surface area contributed by atoms with Crippen molar-refractivity contribution in [3.8, 4) is 0 Å². The van der Waals surface area contributed by atoms with Crippen LogP contribution in [-0.4, -0.2) is 40.3 Å². The maximum atomic E-state index is 12.7. The van der Waals surface area contributed by atoms with E-state index in [1.54, 1.807) is 0 Å². The molecule has 0 aliphatic carbocycles. The van der Waals surface area contributed by atoms with Crippen LogP contribution in [0.1, 0.15) is 71.1 Å². The lowest BCUT2D eigenvalue weighted by Crippen LogP contribution is -2.36. The quantitative estimate of drug-likeness (QED) is 0.800. The Hall–Kier alpha value is -2.74. The van der Waals surface area contributed by atoms with Gasteiger partial charge in [0.25, 0.3) is 5.91 Å². The van der Waals surface area contributed by atoms with Crippen molar-refractivity contribution in [1.82, 2.24) is 15.5 Å². The third-order valence-corrected chi connectivity index (χ3v) is 4.66. The van der Waals surface area contributed by atoms with Gasteiger partial charge in [0.15, 0.2) is 5.82 Å². The molecule has 2 aromatic rings. The fourth-order valence-corrected chi connectivity index (χ4v) is 3.03. The molecule has 0 spiro atoms. The summed E-state index contributed by atoms with van der Waals surface area (Å²) in [7, 11) is 0. The molecule has 1 saturated heterocycles. The van der Waals surface area contributed by atoms with Crippen molar-refractivity contribution in [1.29, 1.82) is 0 Å². The van der Waals surface area contributed by atoms with E-state index in [-0.39, 0.29) is 23.3 Å². The van der Waals surface area contributed by atoms with E-state index < -0.39 is 12.0 Å². The van der Waals surface area contributed by atoms with Gasteiger partial charge >= 0.3 is 5.97 Å². The zero-order valence-electron chi connectivity index (χ0n) is 15.3. The fourth-order valence-electron chi connectivity index (χ4n) is 3.03. The first kappa shape index (κ1) is 19.0. The lowest BCUT2D eigenvalue weighted by atomic mass is 9.91. The first-order chi connectivity index (χ1) is 13.0. The molecule has 1 amide bonds. The van der Waals surface area contributed by atoms with Gasteiger partial charge in [-0.15, -0.1) is 0 Å². The van der Waals surface area contributed by atoms with Gasteiger partial charge in [-0.25, -0.2) is 4.79 Å². The minimum absolute atomic E-state index is 0.122. The first-order valence-corrected chi connectivity index (χ1v) is 9.01. The number of nitrogens with one attached hydrogen (secondary N) is 1. The van der Waals surface area contributed by atoms with Crippen LogP contribution in [0.15, 0.2) is 28.8 Å². The molecule has 8 heteroatoms. The van der Waals surface area contributed by atoms with Crippen molar-refractivity contribution < 1.29 is 24.0 Å². The number of aromatic carboxylic acids is 1. The summed E-state index contributed by atoms with van der Waals surface area (Å²) in [6, 6.07) is 5.38. The predicted octanol–water partition coefficient (Wildman–Crippen LogP) is 2.79. The second kappa shape index (κ2) is 8.30. The summed E-state index contributed by atoms with van der Waals surface area (Å²) >= 11 is 0. The van der Waals surface area contributed by atoms with Gasteiger partial charge in [-0.2, -0.15) is 4.98 Å². The normalized spacial score (nSPS) is 16.3. The number of rotatable bonds is 6. The highest BCUT2D eigenvalue weighted by Crippen LogP contribution is 2.30. The highest BCUT2D eigenvalue weighted by atomic mass is 16.5. The van der Waals surface area contributed by atoms with Crippen LogP contribution < -0.4 is 5.32 Å². The summed E-state index contributed by atoms with van der Waals surface area (Å²) in [4.78, 5) is 28.1. The van der Waals surface area contributed by atoms with Crippen LogP contribution in [0.5, 0.6) is 0 Å². The van der Waals surface area contributed by atoms with Crippen LogP contribution in [0, 0.1) is 5.92 Å². The number of ether oxygens (including phenoxy) is 1. The number of nitrogens with zero attached hydrogens (tertiary/aromatic N) is 2. The molecule has 2 heterocycles. The van der Waals surface area contributed by atoms with Crippen molar-refractivity contribution in [2.24, 2.45) is 5.92 Å². The number of carboxylic acids is 1. The van der Waals surface area contributed by atoms with E-state index in [9.17, 15) is 9.59 Å². The average molecular weight is 373 g/mol. The monoisotopic (exact) mass is 373 g/mol. The second-order valence-corrected chi connectivity index (χ2v) is 6.93. The molecule has 8 nitrogen and oxygen atoms in total. The highest BCUT2D eigenvalue weighted by Gasteiger charge is 2.32. The summed E-state index contributed by atoms with van der Waals surface area (Å²) in [6.07, 6.45) is 1.56. The smallest absolute Gasteiger partial charge is 0.335 e. The Bertz CT molecular complexity index is 794. The van der Waals surface area contributed by atoms with Crippen LogP contribution in [0.25, 0.3) is 0 Å². The van der Waals surface area contributed by atoms with Gasteiger partial charge in [-0.1, -0.05) is 19.0 Å². The lowest BCUT2D eigenvalue weighted by molar-refractivity contribution is 0.0468. The van der Waals surface area contributed by atoms with Gasteiger partial charge in [-0.3, -0.25) is 4.79 Å². The van der Waals surface area contributed by atoms with Crippen LogP contribution in [0.3, 0.4) is 0 Å². The number of carbonyl (C=O) groups excluding carboxylic acids is 1. The molecule has 1 atom stereocenters. The number of aromatic nitrogens is 2. The Morgan fingerprint density at radius 3 is 2.33 bits per heavy atom. The lowest BCUT2D eigenvalue weighted by Gasteiger charge is -2.28. The Morgan fingerprint density at radius 1 is 1.15 bits per heavy atom. The Labute approximate surface area is 156 Å². The van der Waals surface area contributed by atoms with E-state index in [1.165, 1.54) is 24.3 Å². The Balaban J connectivity index is 1.81. The van der Waals surface area contributed by atoms with E-state index in [0.29, 0.717) is 30.5 Å². The molecule has 0 bridgehead atoms. The number of amides is 1. The molecule has 1 aromatic carbocycles. The maximum absolute atomic E-state index is 12.7. The van der Waals surface area contributed by atoms with Crippen LogP contribution in [-0.2, 0) is 4.74 Å². The Morgan fingerprint density at radius 2 is 1.78 bits per heavy atom. The number of carboxylic acid groups (broad SMARTS) is 1. The van der Waals surface area contributed by atoms with Gasteiger partial charge in [-0.05, 0) is 43.0 Å². The van der Waals surface area contributed by atoms with Gasteiger partial charge in [0, 0.05) is 24.7 Å². The molecule has 0 saturated carbocycles. The van der Waals surface area contributed by atoms with E-state index in [4.69, 9.17) is 14.4 Å². The largest absolute Gasteiger partial charge is 0.478 e. The van der Waals surface area contributed by atoms with Crippen molar-refractivity contribution in [3.05, 3.63) is 47.1 Å². The van der Waals surface area contributed by atoms with Gasteiger partial charge in [0.05, 0.1) is 5.56 Å². The average Bonchev–Trinajstić information content (AvgIpc) is 3.17.